The van der Waals surface area contributed by atoms with E-state index in [1.165, 1.54) is 180 Å². The highest BCUT2D eigenvalue weighted by molar-refractivity contribution is 5.71. The molecule has 61 heavy (non-hydrogen) atoms. The van der Waals surface area contributed by atoms with E-state index in [0.717, 1.165) is 57.8 Å². The Bertz CT molecular complexity index is 1030. The second-order valence-corrected chi connectivity index (χ2v) is 17.8. The zero-order valence-electron chi connectivity index (χ0n) is 40.7. The Hall–Kier alpha value is -2.37. The maximum atomic E-state index is 12.8. The van der Waals surface area contributed by atoms with Crippen LogP contribution in [-0.2, 0) is 28.6 Å². The number of hydrogen-bond donors (Lipinski definition) is 0. The lowest BCUT2D eigenvalue weighted by Gasteiger charge is -2.18. The van der Waals surface area contributed by atoms with Crippen LogP contribution in [0.3, 0.4) is 0 Å². The molecule has 0 aliphatic rings. The van der Waals surface area contributed by atoms with Gasteiger partial charge in [-0.2, -0.15) is 0 Å². The molecular weight excluding hydrogens is 757 g/mol. The summed E-state index contributed by atoms with van der Waals surface area (Å²) in [6, 6.07) is 0. The third-order valence-corrected chi connectivity index (χ3v) is 11.6. The average Bonchev–Trinajstić information content (AvgIpc) is 3.26. The van der Waals surface area contributed by atoms with Crippen molar-refractivity contribution in [2.24, 2.45) is 0 Å². The fraction of sp³-hybridized carbons (Fsp3) is 0.836. The van der Waals surface area contributed by atoms with Crippen LogP contribution in [0.15, 0.2) is 36.5 Å². The molecule has 0 heterocycles. The zero-order chi connectivity index (χ0) is 44.4. The first-order valence-electron chi connectivity index (χ1n) is 26.5. The Labute approximate surface area is 378 Å². The summed E-state index contributed by atoms with van der Waals surface area (Å²) in [5, 5.41) is 0. The van der Waals surface area contributed by atoms with Gasteiger partial charge in [-0.1, -0.05) is 205 Å². The van der Waals surface area contributed by atoms with Crippen LogP contribution >= 0.6 is 0 Å². The second-order valence-electron chi connectivity index (χ2n) is 17.8. The fourth-order valence-electron chi connectivity index (χ4n) is 7.55. The van der Waals surface area contributed by atoms with Crippen LogP contribution in [0.25, 0.3) is 0 Å². The molecule has 0 aliphatic heterocycles. The number of carbonyl (C=O) groups is 3. The number of unbranched alkanes of at least 4 members (excludes halogenated alkanes) is 31. The summed E-state index contributed by atoms with van der Waals surface area (Å²) in [7, 11) is 0. The normalized spacial score (nSPS) is 12.2. The highest BCUT2D eigenvalue weighted by Gasteiger charge is 2.19. The summed E-state index contributed by atoms with van der Waals surface area (Å²) >= 11 is 0. The molecule has 0 aliphatic carbocycles. The molecule has 0 saturated heterocycles. The SMILES string of the molecule is CCCCCC/C=C\CCCCCCCCCC(=O)OC(COC(=O)CCC/C=C\CCCCCC)COC(=O)CCCCCCCCC/C=C\CCCCCCCCCC. The van der Waals surface area contributed by atoms with E-state index in [0.29, 0.717) is 19.3 Å². The summed E-state index contributed by atoms with van der Waals surface area (Å²) in [5.74, 6) is -0.920. The molecule has 1 atom stereocenters. The van der Waals surface area contributed by atoms with Gasteiger partial charge in [0, 0.05) is 19.3 Å². The van der Waals surface area contributed by atoms with Gasteiger partial charge in [0.2, 0.25) is 0 Å². The minimum absolute atomic E-state index is 0.0831. The van der Waals surface area contributed by atoms with Gasteiger partial charge >= 0.3 is 17.9 Å². The summed E-state index contributed by atoms with van der Waals surface area (Å²) < 4.78 is 16.7. The minimum Gasteiger partial charge on any atom is -0.462 e. The quantitative estimate of drug-likeness (QED) is 0.0262. The number of allylic oxidation sites excluding steroid dienone is 6. The highest BCUT2D eigenvalue weighted by atomic mass is 16.6. The van der Waals surface area contributed by atoms with Crippen LogP contribution < -0.4 is 0 Å². The van der Waals surface area contributed by atoms with Gasteiger partial charge in [0.05, 0.1) is 0 Å². The standard InChI is InChI=1S/C55H100O6/c1-4-7-10-13-16-19-21-23-25-26-27-28-30-31-33-36-39-42-45-48-54(57)60-51-52(50-59-53(56)47-44-41-38-35-18-15-12-9-6-3)61-55(58)49-46-43-40-37-34-32-29-24-22-20-17-14-11-8-5-2/h20,22,26-27,35,38,52H,4-19,21,23-25,28-34,36-37,39-51H2,1-3H3/b22-20-,27-26-,38-35-. The molecule has 0 aromatic heterocycles. The van der Waals surface area contributed by atoms with Gasteiger partial charge in [-0.25, -0.2) is 0 Å². The number of ether oxygens (including phenoxy) is 3. The van der Waals surface area contributed by atoms with Crippen molar-refractivity contribution < 1.29 is 28.6 Å². The minimum atomic E-state index is -0.784. The van der Waals surface area contributed by atoms with Crippen molar-refractivity contribution in [1.29, 1.82) is 0 Å². The predicted molar refractivity (Wildman–Crippen MR) is 261 cm³/mol. The van der Waals surface area contributed by atoms with E-state index in [9.17, 15) is 14.4 Å². The second kappa shape index (κ2) is 50.3. The lowest BCUT2D eigenvalue weighted by molar-refractivity contribution is -0.167. The zero-order valence-corrected chi connectivity index (χ0v) is 40.7. The summed E-state index contributed by atoms with van der Waals surface area (Å²) in [6.07, 6.45) is 58.6. The Morgan fingerprint density at radius 1 is 0.311 bits per heavy atom. The van der Waals surface area contributed by atoms with Crippen LogP contribution in [0.4, 0.5) is 0 Å². The first-order valence-corrected chi connectivity index (χ1v) is 26.5. The van der Waals surface area contributed by atoms with Crippen molar-refractivity contribution in [1.82, 2.24) is 0 Å². The fourth-order valence-corrected chi connectivity index (χ4v) is 7.55. The summed E-state index contributed by atoms with van der Waals surface area (Å²) in [6.45, 7) is 6.58. The monoisotopic (exact) mass is 857 g/mol. The van der Waals surface area contributed by atoms with Crippen molar-refractivity contribution in [3.05, 3.63) is 36.5 Å². The van der Waals surface area contributed by atoms with Crippen molar-refractivity contribution in [2.75, 3.05) is 13.2 Å². The van der Waals surface area contributed by atoms with E-state index in [4.69, 9.17) is 14.2 Å². The van der Waals surface area contributed by atoms with Crippen molar-refractivity contribution in [2.45, 2.75) is 284 Å². The smallest absolute Gasteiger partial charge is 0.306 e. The molecule has 0 N–H and O–H groups in total. The molecule has 0 aromatic rings. The van der Waals surface area contributed by atoms with Gasteiger partial charge in [-0.15, -0.1) is 0 Å². The third kappa shape index (κ3) is 48.5. The molecule has 0 aromatic carbocycles. The molecule has 0 fully saturated rings. The van der Waals surface area contributed by atoms with Gasteiger partial charge in [0.1, 0.15) is 13.2 Å². The van der Waals surface area contributed by atoms with Crippen LogP contribution in [0, 0.1) is 0 Å². The summed E-state index contributed by atoms with van der Waals surface area (Å²) in [4.78, 5) is 37.9. The largest absolute Gasteiger partial charge is 0.462 e. The number of rotatable bonds is 48. The van der Waals surface area contributed by atoms with Crippen LogP contribution in [0.5, 0.6) is 0 Å². The Morgan fingerprint density at radius 2 is 0.557 bits per heavy atom. The van der Waals surface area contributed by atoms with E-state index in [1.54, 1.807) is 0 Å². The van der Waals surface area contributed by atoms with Crippen LogP contribution in [0.2, 0.25) is 0 Å². The van der Waals surface area contributed by atoms with Gasteiger partial charge < -0.3 is 14.2 Å². The maximum absolute atomic E-state index is 12.8. The van der Waals surface area contributed by atoms with Gasteiger partial charge in [-0.05, 0) is 89.9 Å². The lowest BCUT2D eigenvalue weighted by Crippen LogP contribution is -2.30. The number of esters is 3. The lowest BCUT2D eigenvalue weighted by atomic mass is 10.1. The van der Waals surface area contributed by atoms with E-state index < -0.39 is 6.10 Å². The summed E-state index contributed by atoms with van der Waals surface area (Å²) in [5.41, 5.74) is 0. The molecule has 0 saturated carbocycles. The maximum Gasteiger partial charge on any atom is 0.306 e. The molecule has 0 rings (SSSR count). The average molecular weight is 857 g/mol. The van der Waals surface area contributed by atoms with E-state index in [2.05, 4.69) is 57.2 Å². The van der Waals surface area contributed by atoms with Crippen molar-refractivity contribution in [3.8, 4) is 0 Å². The van der Waals surface area contributed by atoms with E-state index >= 15 is 0 Å². The molecule has 6 heteroatoms. The first-order chi connectivity index (χ1) is 30.0. The number of hydrogen-bond acceptors (Lipinski definition) is 6. The van der Waals surface area contributed by atoms with Gasteiger partial charge in [0.15, 0.2) is 6.10 Å². The van der Waals surface area contributed by atoms with Crippen molar-refractivity contribution >= 4 is 17.9 Å². The van der Waals surface area contributed by atoms with Gasteiger partial charge in [-0.3, -0.25) is 14.4 Å². The molecule has 356 valence electrons. The van der Waals surface area contributed by atoms with Gasteiger partial charge in [0.25, 0.3) is 0 Å². The Kier molecular flexibility index (Phi) is 48.3. The molecule has 0 bridgehead atoms. The van der Waals surface area contributed by atoms with E-state index in [-0.39, 0.29) is 31.1 Å². The number of carbonyl (C=O) groups excluding carboxylic acids is 3. The first kappa shape index (κ1) is 58.6. The Balaban J connectivity index is 4.30. The van der Waals surface area contributed by atoms with Crippen LogP contribution in [-0.4, -0.2) is 37.2 Å². The molecule has 6 nitrogen and oxygen atoms in total. The molecule has 0 spiro atoms. The third-order valence-electron chi connectivity index (χ3n) is 11.6. The predicted octanol–water partition coefficient (Wildman–Crippen LogP) is 17.3. The molecule has 1 unspecified atom stereocenters. The van der Waals surface area contributed by atoms with E-state index in [1.807, 2.05) is 0 Å². The molecular formula is C55H100O6. The van der Waals surface area contributed by atoms with Crippen molar-refractivity contribution in [3.63, 3.8) is 0 Å². The van der Waals surface area contributed by atoms with Crippen LogP contribution in [0.1, 0.15) is 278 Å². The Morgan fingerprint density at radius 3 is 0.902 bits per heavy atom. The molecule has 0 amide bonds. The molecule has 0 radical (unpaired) electrons. The highest BCUT2D eigenvalue weighted by Crippen LogP contribution is 2.15. The topological polar surface area (TPSA) is 78.9 Å².